The number of nitrogens with one attached hydrogen (secondary N) is 2. The Morgan fingerprint density at radius 2 is 1.71 bits per heavy atom. The molecule has 0 bridgehead atoms. The molecule has 0 saturated heterocycles. The number of hydrogen-bond donors (Lipinski definition) is 2. The molecule has 0 aliphatic heterocycles. The molecule has 1 aromatic heterocycles. The molecular formula is C23H31N5O3. The number of aromatic nitrogens is 2. The predicted molar refractivity (Wildman–Crippen MR) is 120 cm³/mol. The van der Waals surface area contributed by atoms with E-state index >= 15 is 0 Å². The Hall–Kier alpha value is -3.16. The minimum atomic E-state index is -0.928. The van der Waals surface area contributed by atoms with E-state index in [-0.39, 0.29) is 18.0 Å². The summed E-state index contributed by atoms with van der Waals surface area (Å²) >= 11 is 0. The molecular weight excluding hydrogens is 394 g/mol. The van der Waals surface area contributed by atoms with Crippen molar-refractivity contribution >= 4 is 23.5 Å². The van der Waals surface area contributed by atoms with Gasteiger partial charge in [0.15, 0.2) is 0 Å². The van der Waals surface area contributed by atoms with Crippen molar-refractivity contribution in [2.24, 2.45) is 0 Å². The second-order valence-electron chi connectivity index (χ2n) is 8.15. The molecule has 166 valence electrons. The minimum Gasteiger partial charge on any atom is -0.447 e. The van der Waals surface area contributed by atoms with Crippen LogP contribution in [0.2, 0.25) is 0 Å². The average molecular weight is 426 g/mol. The lowest BCUT2D eigenvalue weighted by Gasteiger charge is -2.31. The highest BCUT2D eigenvalue weighted by Gasteiger charge is 2.28. The molecule has 0 spiro atoms. The average Bonchev–Trinajstić information content (AvgIpc) is 2.73. The minimum absolute atomic E-state index is 0.0526. The number of ether oxygens (including phenoxy) is 1. The molecule has 1 unspecified atom stereocenters. The number of carbonyl (C=O) groups excluding carboxylic acids is 2. The van der Waals surface area contributed by atoms with E-state index in [0.717, 1.165) is 43.1 Å². The first kappa shape index (κ1) is 22.5. The van der Waals surface area contributed by atoms with Gasteiger partial charge in [-0.15, -0.1) is 0 Å². The second kappa shape index (κ2) is 10.2. The van der Waals surface area contributed by atoms with Gasteiger partial charge in [0, 0.05) is 44.7 Å². The Balaban J connectivity index is 1.56. The van der Waals surface area contributed by atoms with Crippen molar-refractivity contribution in [3.05, 3.63) is 47.8 Å². The maximum Gasteiger partial charge on any atom is 0.303 e. The molecule has 31 heavy (non-hydrogen) atoms. The highest BCUT2D eigenvalue weighted by Crippen LogP contribution is 2.25. The van der Waals surface area contributed by atoms with Crippen molar-refractivity contribution in [3.63, 3.8) is 0 Å². The van der Waals surface area contributed by atoms with Gasteiger partial charge in [0.25, 0.3) is 5.91 Å². The topological polar surface area (TPSA) is 96.5 Å². The molecule has 1 aromatic carbocycles. The summed E-state index contributed by atoms with van der Waals surface area (Å²) in [5, 5.41) is 6.57. The lowest BCUT2D eigenvalue weighted by molar-refractivity contribution is -0.154. The maximum atomic E-state index is 12.8. The van der Waals surface area contributed by atoms with Gasteiger partial charge in [-0.05, 0) is 32.6 Å². The van der Waals surface area contributed by atoms with Crippen molar-refractivity contribution < 1.29 is 14.3 Å². The monoisotopic (exact) mass is 425 g/mol. The predicted octanol–water partition coefficient (Wildman–Crippen LogP) is 2.99. The summed E-state index contributed by atoms with van der Waals surface area (Å²) in [4.78, 5) is 35.2. The number of nitrogens with zero attached hydrogens (tertiary/aromatic N) is 3. The van der Waals surface area contributed by atoms with Crippen LogP contribution < -0.4 is 15.5 Å². The van der Waals surface area contributed by atoms with E-state index in [2.05, 4.69) is 20.6 Å². The van der Waals surface area contributed by atoms with E-state index in [4.69, 9.17) is 4.74 Å². The van der Waals surface area contributed by atoms with Crippen molar-refractivity contribution in [1.29, 1.82) is 0 Å². The van der Waals surface area contributed by atoms with E-state index in [1.807, 2.05) is 50.2 Å². The number of aryl methyl sites for hydroxylation is 1. The fourth-order valence-electron chi connectivity index (χ4n) is 3.79. The van der Waals surface area contributed by atoms with Gasteiger partial charge in [0.1, 0.15) is 17.5 Å². The van der Waals surface area contributed by atoms with Gasteiger partial charge in [-0.2, -0.15) is 0 Å². The molecule has 1 aliphatic carbocycles. The van der Waals surface area contributed by atoms with Gasteiger partial charge >= 0.3 is 5.97 Å². The molecule has 0 radical (unpaired) electrons. The van der Waals surface area contributed by atoms with Crippen LogP contribution in [-0.4, -0.2) is 48.0 Å². The summed E-state index contributed by atoms with van der Waals surface area (Å²) in [5.41, 5.74) is 0.668. The summed E-state index contributed by atoms with van der Waals surface area (Å²) in [5.74, 6) is 1.66. The molecule has 1 aliphatic rings. The van der Waals surface area contributed by atoms with E-state index in [1.165, 1.54) is 6.92 Å². The zero-order valence-electron chi connectivity index (χ0n) is 18.6. The third-order valence-electron chi connectivity index (χ3n) is 5.33. The zero-order valence-corrected chi connectivity index (χ0v) is 18.6. The number of benzene rings is 1. The molecule has 1 atom stereocenters. The van der Waals surface area contributed by atoms with Crippen LogP contribution in [0.15, 0.2) is 36.4 Å². The normalized spacial score (nSPS) is 19.2. The second-order valence-corrected chi connectivity index (χ2v) is 8.15. The maximum absolute atomic E-state index is 12.8. The van der Waals surface area contributed by atoms with Crippen LogP contribution in [0, 0.1) is 6.92 Å². The summed E-state index contributed by atoms with van der Waals surface area (Å²) in [6.45, 7) is 3.20. The number of esters is 1. The molecule has 2 N–H and O–H groups in total. The summed E-state index contributed by atoms with van der Waals surface area (Å²) < 4.78 is 5.30. The molecule has 1 saturated carbocycles. The Morgan fingerprint density at radius 1 is 1.06 bits per heavy atom. The molecule has 8 nitrogen and oxygen atoms in total. The van der Waals surface area contributed by atoms with Crippen LogP contribution >= 0.6 is 0 Å². The first-order valence-electron chi connectivity index (χ1n) is 10.6. The fourth-order valence-corrected chi connectivity index (χ4v) is 3.79. The number of amides is 1. The largest absolute Gasteiger partial charge is 0.447 e. The smallest absolute Gasteiger partial charge is 0.303 e. The van der Waals surface area contributed by atoms with Gasteiger partial charge in [0.2, 0.25) is 6.10 Å². The first-order chi connectivity index (χ1) is 14.8. The van der Waals surface area contributed by atoms with Crippen LogP contribution in [0.5, 0.6) is 0 Å². The van der Waals surface area contributed by atoms with Crippen molar-refractivity contribution in [2.45, 2.75) is 57.7 Å². The van der Waals surface area contributed by atoms with E-state index in [0.29, 0.717) is 5.56 Å². The van der Waals surface area contributed by atoms with Gasteiger partial charge in [-0.25, -0.2) is 9.97 Å². The Kier molecular flexibility index (Phi) is 7.44. The van der Waals surface area contributed by atoms with E-state index in [1.54, 1.807) is 12.1 Å². The summed E-state index contributed by atoms with van der Waals surface area (Å²) in [7, 11) is 3.91. The highest BCUT2D eigenvalue weighted by molar-refractivity contribution is 5.84. The van der Waals surface area contributed by atoms with Crippen LogP contribution in [0.4, 0.5) is 11.6 Å². The Bertz CT molecular complexity index is 895. The molecule has 2 aromatic rings. The molecule has 1 amide bonds. The lowest BCUT2D eigenvalue weighted by Crippen LogP contribution is -2.43. The molecule has 1 fully saturated rings. The van der Waals surface area contributed by atoms with Crippen LogP contribution in [0.1, 0.15) is 50.1 Å². The fraction of sp³-hybridized carbons (Fsp3) is 0.478. The third-order valence-corrected chi connectivity index (χ3v) is 5.33. The van der Waals surface area contributed by atoms with Crippen molar-refractivity contribution in [3.8, 4) is 0 Å². The van der Waals surface area contributed by atoms with Crippen LogP contribution in [0.25, 0.3) is 0 Å². The SMILES string of the molecule is CC(=O)OC(C(=O)NC1CCC(Nc2cc(N(C)C)nc(C)n2)CC1)c1ccccc1. The van der Waals surface area contributed by atoms with Crippen LogP contribution in [0.3, 0.4) is 0 Å². The Labute approximate surface area is 183 Å². The quantitative estimate of drug-likeness (QED) is 0.658. The third kappa shape index (κ3) is 6.41. The zero-order chi connectivity index (χ0) is 22.4. The molecule has 1 heterocycles. The number of anilines is 2. The number of hydrogen-bond acceptors (Lipinski definition) is 7. The van der Waals surface area contributed by atoms with Gasteiger partial charge in [-0.3, -0.25) is 9.59 Å². The standard InChI is InChI=1S/C23H31N5O3/c1-15-24-20(14-21(25-15)28(3)4)26-18-10-12-19(13-11-18)27-23(30)22(31-16(2)29)17-8-6-5-7-9-17/h5-9,14,18-19,22H,10-13H2,1-4H3,(H,27,30)(H,24,25,26). The molecule has 8 heteroatoms. The summed E-state index contributed by atoms with van der Waals surface area (Å²) in [6.07, 6.45) is 2.58. The summed E-state index contributed by atoms with van der Waals surface area (Å²) in [6, 6.07) is 11.4. The van der Waals surface area contributed by atoms with Crippen molar-refractivity contribution in [2.75, 3.05) is 24.3 Å². The van der Waals surface area contributed by atoms with Gasteiger partial charge in [0.05, 0.1) is 0 Å². The number of rotatable bonds is 7. The lowest BCUT2D eigenvalue weighted by atomic mass is 9.91. The van der Waals surface area contributed by atoms with Gasteiger partial charge < -0.3 is 20.3 Å². The Morgan fingerprint density at radius 3 is 2.32 bits per heavy atom. The van der Waals surface area contributed by atoms with Crippen LogP contribution in [-0.2, 0) is 14.3 Å². The molecule has 3 rings (SSSR count). The van der Waals surface area contributed by atoms with E-state index in [9.17, 15) is 9.59 Å². The number of carbonyl (C=O) groups is 2. The van der Waals surface area contributed by atoms with Gasteiger partial charge in [-0.1, -0.05) is 30.3 Å². The van der Waals surface area contributed by atoms with E-state index < -0.39 is 12.1 Å². The van der Waals surface area contributed by atoms with Crippen molar-refractivity contribution in [1.82, 2.24) is 15.3 Å². The first-order valence-corrected chi connectivity index (χ1v) is 10.6. The highest BCUT2D eigenvalue weighted by atomic mass is 16.5.